The highest BCUT2D eigenvalue weighted by Crippen LogP contribution is 2.17. The van der Waals surface area contributed by atoms with Crippen LogP contribution in [-0.2, 0) is 14.8 Å². The maximum atomic E-state index is 12.9. The Kier molecular flexibility index (Phi) is 7.64. The quantitative estimate of drug-likeness (QED) is 0.635. The Labute approximate surface area is 172 Å². The molecular weight excluding hydrogens is 394 g/mol. The maximum absolute atomic E-state index is 12.9. The molecule has 1 aromatic carbocycles. The predicted octanol–water partition coefficient (Wildman–Crippen LogP) is 0.673. The van der Waals surface area contributed by atoms with Crippen LogP contribution in [0.4, 0.5) is 0 Å². The summed E-state index contributed by atoms with van der Waals surface area (Å²) < 4.78 is 33.3. The van der Waals surface area contributed by atoms with Gasteiger partial charge in [0.15, 0.2) is 0 Å². The summed E-state index contributed by atoms with van der Waals surface area (Å²) in [5, 5.41) is 9.46. The molecule has 0 saturated carbocycles. The third-order valence-electron chi connectivity index (χ3n) is 5.72. The van der Waals surface area contributed by atoms with Crippen LogP contribution in [0, 0.1) is 0 Å². The van der Waals surface area contributed by atoms with Crippen LogP contribution in [0.3, 0.4) is 0 Å². The molecule has 0 spiro atoms. The SMILES string of the molecule is CC[C@@H](CO)N1CCN(C(=O)c2cccc(S(=O)(=O)NC[C@H]3CCCO3)c2)CC1. The van der Waals surface area contributed by atoms with Crippen molar-refractivity contribution in [2.45, 2.75) is 43.2 Å². The lowest BCUT2D eigenvalue weighted by Gasteiger charge is -2.38. The van der Waals surface area contributed by atoms with Crippen LogP contribution in [0.25, 0.3) is 0 Å². The van der Waals surface area contributed by atoms with Gasteiger partial charge in [0.05, 0.1) is 17.6 Å². The van der Waals surface area contributed by atoms with Gasteiger partial charge >= 0.3 is 0 Å². The molecule has 2 saturated heterocycles. The number of aliphatic hydroxyl groups is 1. The second-order valence-electron chi connectivity index (χ2n) is 7.59. The number of ether oxygens (including phenoxy) is 1. The van der Waals surface area contributed by atoms with Crippen molar-refractivity contribution in [2.75, 3.05) is 45.9 Å². The summed E-state index contributed by atoms with van der Waals surface area (Å²) in [5.41, 5.74) is 0.368. The first-order valence-corrected chi connectivity index (χ1v) is 11.8. The zero-order valence-corrected chi connectivity index (χ0v) is 17.7. The van der Waals surface area contributed by atoms with E-state index in [1.54, 1.807) is 17.0 Å². The number of hydrogen-bond acceptors (Lipinski definition) is 6. The minimum Gasteiger partial charge on any atom is -0.395 e. The molecule has 0 aromatic heterocycles. The number of nitrogens with zero attached hydrogens (tertiary/aromatic N) is 2. The summed E-state index contributed by atoms with van der Waals surface area (Å²) in [7, 11) is -3.70. The van der Waals surface area contributed by atoms with Crippen LogP contribution in [0.1, 0.15) is 36.5 Å². The van der Waals surface area contributed by atoms with Crippen molar-refractivity contribution in [1.82, 2.24) is 14.5 Å². The average molecular weight is 426 g/mol. The smallest absolute Gasteiger partial charge is 0.253 e. The average Bonchev–Trinajstić information content (AvgIpc) is 3.27. The molecule has 1 amide bonds. The number of piperazine rings is 1. The Hall–Kier alpha value is -1.52. The summed E-state index contributed by atoms with van der Waals surface area (Å²) in [6.45, 7) is 5.58. The predicted molar refractivity (Wildman–Crippen MR) is 109 cm³/mol. The summed E-state index contributed by atoms with van der Waals surface area (Å²) in [4.78, 5) is 16.9. The van der Waals surface area contributed by atoms with Gasteiger partial charge in [-0.3, -0.25) is 9.69 Å². The third kappa shape index (κ3) is 5.55. The molecule has 0 radical (unpaired) electrons. The first-order valence-electron chi connectivity index (χ1n) is 10.3. The Bertz CT molecular complexity index is 783. The Morgan fingerprint density at radius 3 is 2.69 bits per heavy atom. The minimum atomic E-state index is -3.70. The van der Waals surface area contributed by atoms with Crippen molar-refractivity contribution >= 4 is 15.9 Å². The van der Waals surface area contributed by atoms with Crippen LogP contribution in [0.5, 0.6) is 0 Å². The first-order chi connectivity index (χ1) is 13.9. The van der Waals surface area contributed by atoms with E-state index in [1.807, 2.05) is 6.92 Å². The molecule has 8 nitrogen and oxygen atoms in total. The maximum Gasteiger partial charge on any atom is 0.253 e. The van der Waals surface area contributed by atoms with Gasteiger partial charge in [0, 0.05) is 50.9 Å². The van der Waals surface area contributed by atoms with Crippen molar-refractivity contribution in [1.29, 1.82) is 0 Å². The highest BCUT2D eigenvalue weighted by molar-refractivity contribution is 7.89. The minimum absolute atomic E-state index is 0.0863. The standard InChI is InChI=1S/C20H31N3O5S/c1-2-17(15-24)22-8-10-23(11-9-22)20(25)16-5-3-7-19(13-16)29(26,27)21-14-18-6-4-12-28-18/h3,5,7,13,17-18,21,24H,2,4,6,8-12,14-15H2,1H3/t17-,18+/m0/s1. The number of rotatable bonds is 8. The number of hydrogen-bond donors (Lipinski definition) is 2. The molecule has 2 atom stereocenters. The molecule has 1 aromatic rings. The molecule has 3 rings (SSSR count). The van der Waals surface area contributed by atoms with E-state index in [2.05, 4.69) is 9.62 Å². The van der Waals surface area contributed by atoms with Crippen molar-refractivity contribution in [3.63, 3.8) is 0 Å². The van der Waals surface area contributed by atoms with E-state index < -0.39 is 10.0 Å². The van der Waals surface area contributed by atoms with E-state index >= 15 is 0 Å². The highest BCUT2D eigenvalue weighted by Gasteiger charge is 2.26. The number of aliphatic hydroxyl groups excluding tert-OH is 1. The molecule has 0 aliphatic carbocycles. The van der Waals surface area contributed by atoms with Gasteiger partial charge in [-0.25, -0.2) is 13.1 Å². The van der Waals surface area contributed by atoms with Gasteiger partial charge in [-0.1, -0.05) is 13.0 Å². The Morgan fingerprint density at radius 1 is 1.31 bits per heavy atom. The van der Waals surface area contributed by atoms with E-state index in [4.69, 9.17) is 4.74 Å². The van der Waals surface area contributed by atoms with Crippen molar-refractivity contribution < 1.29 is 23.1 Å². The van der Waals surface area contributed by atoms with Gasteiger partial charge in [0.2, 0.25) is 10.0 Å². The van der Waals surface area contributed by atoms with Crippen molar-refractivity contribution in [2.24, 2.45) is 0 Å². The van der Waals surface area contributed by atoms with Gasteiger partial charge in [-0.2, -0.15) is 0 Å². The summed E-state index contributed by atoms with van der Waals surface area (Å²) in [5.74, 6) is -0.169. The van der Waals surface area contributed by atoms with Gasteiger partial charge in [0.25, 0.3) is 5.91 Å². The molecular formula is C20H31N3O5S. The van der Waals surface area contributed by atoms with Gasteiger partial charge in [-0.05, 0) is 37.5 Å². The Morgan fingerprint density at radius 2 is 2.07 bits per heavy atom. The number of carbonyl (C=O) groups excluding carboxylic acids is 1. The second kappa shape index (κ2) is 9.99. The normalized spacial score (nSPS) is 22.0. The summed E-state index contributed by atoms with van der Waals surface area (Å²) in [6, 6.07) is 6.31. The van der Waals surface area contributed by atoms with E-state index in [1.165, 1.54) is 12.1 Å². The van der Waals surface area contributed by atoms with E-state index in [-0.39, 0.29) is 36.1 Å². The highest BCUT2D eigenvalue weighted by atomic mass is 32.2. The lowest BCUT2D eigenvalue weighted by atomic mass is 10.1. The lowest BCUT2D eigenvalue weighted by molar-refractivity contribution is 0.0472. The second-order valence-corrected chi connectivity index (χ2v) is 9.35. The molecule has 2 aliphatic heterocycles. The van der Waals surface area contributed by atoms with Crippen LogP contribution in [0.2, 0.25) is 0 Å². The summed E-state index contributed by atoms with van der Waals surface area (Å²) >= 11 is 0. The summed E-state index contributed by atoms with van der Waals surface area (Å²) in [6.07, 6.45) is 2.57. The van der Waals surface area contributed by atoms with Crippen molar-refractivity contribution in [3.05, 3.63) is 29.8 Å². The van der Waals surface area contributed by atoms with Gasteiger partial charge in [0.1, 0.15) is 0 Å². The van der Waals surface area contributed by atoms with E-state index in [0.29, 0.717) is 38.3 Å². The van der Waals surface area contributed by atoms with E-state index in [9.17, 15) is 18.3 Å². The van der Waals surface area contributed by atoms with Crippen LogP contribution in [-0.4, -0.2) is 87.3 Å². The molecule has 0 bridgehead atoms. The van der Waals surface area contributed by atoms with Crippen molar-refractivity contribution in [3.8, 4) is 0 Å². The fourth-order valence-corrected chi connectivity index (χ4v) is 4.97. The Balaban J connectivity index is 1.62. The monoisotopic (exact) mass is 425 g/mol. The number of carbonyl (C=O) groups is 1. The third-order valence-corrected chi connectivity index (χ3v) is 7.14. The zero-order valence-electron chi connectivity index (χ0n) is 16.9. The fraction of sp³-hybridized carbons (Fsp3) is 0.650. The fourth-order valence-electron chi connectivity index (χ4n) is 3.86. The number of nitrogens with one attached hydrogen (secondary N) is 1. The largest absolute Gasteiger partial charge is 0.395 e. The van der Waals surface area contributed by atoms with Gasteiger partial charge < -0.3 is 14.7 Å². The molecule has 2 fully saturated rings. The lowest BCUT2D eigenvalue weighted by Crippen LogP contribution is -2.52. The number of benzene rings is 1. The van der Waals surface area contributed by atoms with Gasteiger partial charge in [-0.15, -0.1) is 0 Å². The molecule has 2 N–H and O–H groups in total. The number of amides is 1. The topological polar surface area (TPSA) is 99.2 Å². The molecule has 2 heterocycles. The van der Waals surface area contributed by atoms with Crippen LogP contribution in [0.15, 0.2) is 29.2 Å². The van der Waals surface area contributed by atoms with E-state index in [0.717, 1.165) is 19.3 Å². The first kappa shape index (κ1) is 22.2. The molecule has 2 aliphatic rings. The molecule has 29 heavy (non-hydrogen) atoms. The van der Waals surface area contributed by atoms with Crippen LogP contribution >= 0.6 is 0 Å². The zero-order chi connectivity index (χ0) is 20.9. The van der Waals surface area contributed by atoms with Crippen LogP contribution < -0.4 is 4.72 Å². The number of sulfonamides is 1. The molecule has 0 unspecified atom stereocenters. The molecule has 162 valence electrons. The molecule has 9 heteroatoms.